The highest BCUT2D eigenvalue weighted by Crippen LogP contribution is 2.27. The lowest BCUT2D eigenvalue weighted by Gasteiger charge is -2.02. The van der Waals surface area contributed by atoms with Crippen LogP contribution in [0.1, 0.15) is 61.2 Å². The summed E-state index contributed by atoms with van der Waals surface area (Å²) in [6, 6.07) is 1.84. The Morgan fingerprint density at radius 2 is 1.60 bits per heavy atom. The summed E-state index contributed by atoms with van der Waals surface area (Å²) in [4.78, 5) is 57.8. The summed E-state index contributed by atoms with van der Waals surface area (Å²) in [7, 11) is 0. The lowest BCUT2D eigenvalue weighted by molar-refractivity contribution is -0.137. The largest absolute Gasteiger partial charge is 0.481 e. The van der Waals surface area contributed by atoms with E-state index in [1.54, 1.807) is 32.1 Å². The highest BCUT2D eigenvalue weighted by Gasteiger charge is 2.24. The molecular formula is C32H32N4O6. The monoisotopic (exact) mass is 568 g/mol. The third kappa shape index (κ3) is 6.07. The van der Waals surface area contributed by atoms with Crippen molar-refractivity contribution in [2.24, 2.45) is 4.99 Å². The molecule has 2 aliphatic heterocycles. The number of nitrogens with one attached hydrogen (secondary N) is 3. The predicted octanol–water partition coefficient (Wildman–Crippen LogP) is 3.06. The highest BCUT2D eigenvalue weighted by molar-refractivity contribution is 6.31. The van der Waals surface area contributed by atoms with Gasteiger partial charge in [-0.1, -0.05) is 25.3 Å². The van der Waals surface area contributed by atoms with Crippen LogP contribution in [0.25, 0.3) is 24.3 Å². The minimum absolute atomic E-state index is 0.103. The van der Waals surface area contributed by atoms with Gasteiger partial charge in [-0.25, -0.2) is 4.99 Å². The molecule has 2 aliphatic rings. The van der Waals surface area contributed by atoms with Crippen molar-refractivity contribution < 1.29 is 29.4 Å². The van der Waals surface area contributed by atoms with Crippen molar-refractivity contribution in [2.75, 3.05) is 0 Å². The number of aliphatic carboxylic acids is 2. The van der Waals surface area contributed by atoms with Gasteiger partial charge in [-0.2, -0.15) is 0 Å². The van der Waals surface area contributed by atoms with Gasteiger partial charge in [-0.05, 0) is 74.6 Å². The molecule has 42 heavy (non-hydrogen) atoms. The summed E-state index contributed by atoms with van der Waals surface area (Å²) in [5.41, 5.74) is 7.24. The van der Waals surface area contributed by atoms with Crippen LogP contribution in [0.3, 0.4) is 0 Å². The highest BCUT2D eigenvalue weighted by atomic mass is 16.4. The molecule has 0 spiro atoms. The maximum absolute atomic E-state index is 12.3. The Kier molecular flexibility index (Phi) is 8.56. The van der Waals surface area contributed by atoms with Gasteiger partial charge in [0.25, 0.3) is 11.8 Å². The van der Waals surface area contributed by atoms with Gasteiger partial charge in [-0.15, -0.1) is 0 Å². The third-order valence-electron chi connectivity index (χ3n) is 7.38. The molecule has 4 heterocycles. The van der Waals surface area contributed by atoms with Crippen molar-refractivity contribution >= 4 is 53.8 Å². The van der Waals surface area contributed by atoms with E-state index in [1.165, 1.54) is 0 Å². The Hall–Kier alpha value is -5.25. The molecule has 2 amide bonds. The number of amides is 2. The maximum atomic E-state index is 12.3. The standard InChI is InChI=1S/C32H32N4O6/c1-6-21-16(3)24(34-26(21)15-27-22(7-2)17(4)31(41)35-27)13-20-12-19(8-10-29(37)38)25(33-20)14-28-23(9-11-30(39)40)18(5)32(42)36-28/h6-7,12-15,33-34H,1-2,8-11H2,3-5H3,(H,35,41)(H,37,38)(H,39,40). The van der Waals surface area contributed by atoms with Gasteiger partial charge in [-0.3, -0.25) is 19.2 Å². The molecule has 0 aliphatic carbocycles. The number of hydrogen-bond donors (Lipinski definition) is 5. The quantitative estimate of drug-likeness (QED) is 0.280. The van der Waals surface area contributed by atoms with E-state index in [4.69, 9.17) is 5.11 Å². The lowest BCUT2D eigenvalue weighted by Crippen LogP contribution is -2.16. The van der Waals surface area contributed by atoms with Crippen LogP contribution in [0.2, 0.25) is 0 Å². The van der Waals surface area contributed by atoms with E-state index >= 15 is 0 Å². The number of aromatic amines is 2. The first-order valence-corrected chi connectivity index (χ1v) is 13.3. The first-order valence-electron chi connectivity index (χ1n) is 13.3. The molecule has 4 rings (SSSR count). The molecule has 0 unspecified atom stereocenters. The Morgan fingerprint density at radius 1 is 0.905 bits per heavy atom. The maximum Gasteiger partial charge on any atom is 0.303 e. The summed E-state index contributed by atoms with van der Waals surface area (Å²) in [6.45, 7) is 13.1. The zero-order chi connectivity index (χ0) is 30.7. The number of aryl methyl sites for hydroxylation is 1. The van der Waals surface area contributed by atoms with Crippen LogP contribution in [-0.2, 0) is 25.6 Å². The van der Waals surface area contributed by atoms with Gasteiger partial charge < -0.3 is 25.5 Å². The summed E-state index contributed by atoms with van der Waals surface area (Å²) < 4.78 is 0. The molecule has 0 aromatic carbocycles. The van der Waals surface area contributed by atoms with Gasteiger partial charge in [0.1, 0.15) is 0 Å². The summed E-state index contributed by atoms with van der Waals surface area (Å²) in [5, 5.41) is 22.5. The van der Waals surface area contributed by atoms with E-state index in [1.807, 2.05) is 25.1 Å². The van der Waals surface area contributed by atoms with E-state index < -0.39 is 17.8 Å². The molecule has 216 valence electrons. The molecule has 0 saturated heterocycles. The number of aromatic nitrogens is 2. The minimum Gasteiger partial charge on any atom is -0.481 e. The molecule has 0 saturated carbocycles. The van der Waals surface area contributed by atoms with Crippen LogP contribution in [-0.4, -0.2) is 49.6 Å². The number of nitrogens with zero attached hydrogens (tertiary/aromatic N) is 1. The fourth-order valence-corrected chi connectivity index (χ4v) is 5.04. The van der Waals surface area contributed by atoms with Crippen molar-refractivity contribution in [3.8, 4) is 0 Å². The van der Waals surface area contributed by atoms with Crippen LogP contribution in [0, 0.1) is 6.92 Å². The number of aliphatic imine (C=N–C) groups is 1. The fourth-order valence-electron chi connectivity index (χ4n) is 5.04. The first-order chi connectivity index (χ1) is 19.9. The van der Waals surface area contributed by atoms with Crippen molar-refractivity contribution in [1.82, 2.24) is 15.3 Å². The fraction of sp³-hybridized carbons (Fsp3) is 0.219. The number of carbonyl (C=O) groups excluding carboxylic acids is 2. The van der Waals surface area contributed by atoms with Crippen LogP contribution < -0.4 is 16.0 Å². The molecule has 0 radical (unpaired) electrons. The zero-order valence-electron chi connectivity index (χ0n) is 23.7. The Balaban J connectivity index is 1.80. The van der Waals surface area contributed by atoms with Crippen molar-refractivity contribution in [2.45, 2.75) is 46.5 Å². The number of allylic oxidation sites excluding steroid dienone is 2. The minimum atomic E-state index is -0.981. The number of H-pyrrole nitrogens is 2. The second-order valence-electron chi connectivity index (χ2n) is 10.1. The van der Waals surface area contributed by atoms with Gasteiger partial charge in [0.2, 0.25) is 0 Å². The molecular weight excluding hydrogens is 536 g/mol. The van der Waals surface area contributed by atoms with Crippen molar-refractivity contribution in [1.29, 1.82) is 0 Å². The Morgan fingerprint density at radius 3 is 2.24 bits per heavy atom. The summed E-state index contributed by atoms with van der Waals surface area (Å²) in [6.07, 6.45) is 8.88. The summed E-state index contributed by atoms with van der Waals surface area (Å²) >= 11 is 0. The van der Waals surface area contributed by atoms with Crippen LogP contribution >= 0.6 is 0 Å². The van der Waals surface area contributed by atoms with Crippen molar-refractivity contribution in [3.05, 3.63) is 92.1 Å². The molecule has 10 nitrogen and oxygen atoms in total. The van der Waals surface area contributed by atoms with Gasteiger partial charge in [0.05, 0.1) is 11.4 Å². The first kappa shape index (κ1) is 29.7. The molecule has 0 atom stereocenters. The molecule has 2 aromatic rings. The molecule has 0 fully saturated rings. The van der Waals surface area contributed by atoms with Crippen molar-refractivity contribution in [3.63, 3.8) is 0 Å². The number of rotatable bonds is 11. The van der Waals surface area contributed by atoms with Crippen LogP contribution in [0.4, 0.5) is 0 Å². The number of hydrogen-bond acceptors (Lipinski definition) is 4. The average molecular weight is 569 g/mol. The van der Waals surface area contributed by atoms with E-state index in [-0.39, 0.29) is 31.6 Å². The number of carboxylic acids is 2. The van der Waals surface area contributed by atoms with Gasteiger partial charge in [0.15, 0.2) is 0 Å². The Bertz CT molecular complexity index is 1810. The normalized spacial score (nSPS) is 17.0. The van der Waals surface area contributed by atoms with Gasteiger partial charge >= 0.3 is 11.9 Å². The zero-order valence-corrected chi connectivity index (χ0v) is 23.7. The van der Waals surface area contributed by atoms with E-state index in [0.29, 0.717) is 44.4 Å². The summed E-state index contributed by atoms with van der Waals surface area (Å²) in [5.74, 6) is -2.53. The predicted molar refractivity (Wildman–Crippen MR) is 161 cm³/mol. The smallest absolute Gasteiger partial charge is 0.303 e. The molecule has 5 N–H and O–H groups in total. The van der Waals surface area contributed by atoms with E-state index in [9.17, 15) is 24.3 Å². The third-order valence-corrected chi connectivity index (χ3v) is 7.38. The molecule has 2 aromatic heterocycles. The van der Waals surface area contributed by atoms with E-state index in [2.05, 4.69) is 33.4 Å². The second-order valence-corrected chi connectivity index (χ2v) is 10.1. The second kappa shape index (κ2) is 12.1. The SMILES string of the molecule is C=CC1=C(C)C(=O)NC1=Cc1[nH]c(C=c2cc(CCC(=O)O)c(=CC3=NC(=O)C(C)=C3CCC(=O)O)[nH]2)c(C)c1C=C. The van der Waals surface area contributed by atoms with Crippen LogP contribution in [0.15, 0.2) is 58.3 Å². The molecule has 10 heteroatoms. The van der Waals surface area contributed by atoms with Gasteiger partial charge in [0, 0.05) is 57.2 Å². The Labute approximate surface area is 242 Å². The number of carboxylic acid groups (broad SMARTS) is 2. The molecule has 0 bridgehead atoms. The van der Waals surface area contributed by atoms with Crippen LogP contribution in [0.5, 0.6) is 0 Å². The average Bonchev–Trinajstić information content (AvgIpc) is 3.61. The topological polar surface area (TPSA) is 165 Å². The van der Waals surface area contributed by atoms with E-state index in [0.717, 1.165) is 28.1 Å². The number of carbonyl (C=O) groups is 4. The lowest BCUT2D eigenvalue weighted by atomic mass is 10.0.